The Morgan fingerprint density at radius 1 is 1.26 bits per heavy atom. The summed E-state index contributed by atoms with van der Waals surface area (Å²) in [4.78, 5) is 16.9. The molecule has 1 aromatic heterocycles. The van der Waals surface area contributed by atoms with Crippen LogP contribution in [-0.4, -0.2) is 39.3 Å². The Labute approximate surface area is 111 Å². The maximum Gasteiger partial charge on any atom is 0.323 e. The van der Waals surface area contributed by atoms with Crippen molar-refractivity contribution in [3.05, 3.63) is 24.3 Å². The molecule has 0 fully saturated rings. The van der Waals surface area contributed by atoms with Gasteiger partial charge in [-0.05, 0) is 18.1 Å². The highest BCUT2D eigenvalue weighted by Crippen LogP contribution is 2.13. The molecule has 1 N–H and O–H groups in total. The summed E-state index contributed by atoms with van der Waals surface area (Å²) in [6.07, 6.45) is 0. The molecule has 0 aliphatic rings. The van der Waals surface area contributed by atoms with E-state index in [2.05, 4.69) is 15.2 Å². The van der Waals surface area contributed by atoms with Crippen LogP contribution in [-0.2, 0) is 4.79 Å². The zero-order valence-electron chi connectivity index (χ0n) is 10.9. The first-order valence-electron chi connectivity index (χ1n) is 6.12. The van der Waals surface area contributed by atoms with Crippen molar-refractivity contribution in [1.82, 2.24) is 15.2 Å². The van der Waals surface area contributed by atoms with Crippen molar-refractivity contribution < 1.29 is 9.90 Å². The van der Waals surface area contributed by atoms with Gasteiger partial charge in [-0.25, -0.2) is 4.98 Å². The van der Waals surface area contributed by atoms with Gasteiger partial charge in [0.2, 0.25) is 5.95 Å². The van der Waals surface area contributed by atoms with Crippen LogP contribution < -0.4 is 4.90 Å². The lowest BCUT2D eigenvalue weighted by molar-refractivity contribution is -0.135. The minimum absolute atomic E-state index is 0.127. The fourth-order valence-corrected chi connectivity index (χ4v) is 1.83. The van der Waals surface area contributed by atoms with E-state index in [9.17, 15) is 4.79 Å². The normalized spacial score (nSPS) is 10.9. The molecular formula is C13H16N4O2. The van der Waals surface area contributed by atoms with E-state index in [0.717, 1.165) is 0 Å². The number of aromatic nitrogens is 3. The molecule has 0 radical (unpaired) electrons. The molecule has 2 rings (SSSR count). The summed E-state index contributed by atoms with van der Waals surface area (Å²) in [6.45, 7) is 4.48. The van der Waals surface area contributed by atoms with E-state index in [1.165, 1.54) is 0 Å². The van der Waals surface area contributed by atoms with Gasteiger partial charge in [-0.3, -0.25) is 4.79 Å². The topological polar surface area (TPSA) is 79.2 Å². The Balaban J connectivity index is 2.34. The van der Waals surface area contributed by atoms with Crippen LogP contribution in [0.2, 0.25) is 0 Å². The van der Waals surface area contributed by atoms with Crippen molar-refractivity contribution >= 4 is 23.0 Å². The molecule has 0 amide bonds. The van der Waals surface area contributed by atoms with E-state index in [1.54, 1.807) is 4.90 Å². The SMILES string of the molecule is CC(C)CN(CC(=O)O)c1nnc2ccccc2n1. The zero-order valence-corrected chi connectivity index (χ0v) is 10.9. The summed E-state index contributed by atoms with van der Waals surface area (Å²) >= 11 is 0. The predicted octanol–water partition coefficient (Wildman–Crippen LogP) is 1.57. The number of fused-ring (bicyclic) bond motifs is 1. The van der Waals surface area contributed by atoms with Gasteiger partial charge in [0.1, 0.15) is 12.1 Å². The van der Waals surface area contributed by atoms with Crippen molar-refractivity contribution in [2.75, 3.05) is 18.0 Å². The van der Waals surface area contributed by atoms with Crippen LogP contribution in [0.3, 0.4) is 0 Å². The molecule has 100 valence electrons. The van der Waals surface area contributed by atoms with Crippen LogP contribution in [0.25, 0.3) is 11.0 Å². The molecule has 0 unspecified atom stereocenters. The molecular weight excluding hydrogens is 244 g/mol. The number of anilines is 1. The predicted molar refractivity (Wildman–Crippen MR) is 72.0 cm³/mol. The van der Waals surface area contributed by atoms with Crippen molar-refractivity contribution in [2.45, 2.75) is 13.8 Å². The molecule has 6 nitrogen and oxygen atoms in total. The Hall–Kier alpha value is -2.24. The number of rotatable bonds is 5. The van der Waals surface area contributed by atoms with E-state index < -0.39 is 5.97 Å². The molecule has 1 aromatic carbocycles. The van der Waals surface area contributed by atoms with Gasteiger partial charge in [-0.15, -0.1) is 10.2 Å². The average Bonchev–Trinajstić information content (AvgIpc) is 2.36. The minimum atomic E-state index is -0.905. The van der Waals surface area contributed by atoms with Gasteiger partial charge < -0.3 is 10.0 Å². The van der Waals surface area contributed by atoms with Crippen molar-refractivity contribution in [1.29, 1.82) is 0 Å². The summed E-state index contributed by atoms with van der Waals surface area (Å²) in [5.41, 5.74) is 1.41. The molecule has 0 bridgehead atoms. The minimum Gasteiger partial charge on any atom is -0.480 e. The third-order valence-corrected chi connectivity index (χ3v) is 2.54. The third-order valence-electron chi connectivity index (χ3n) is 2.54. The number of carboxylic acids is 1. The second-order valence-corrected chi connectivity index (χ2v) is 4.77. The van der Waals surface area contributed by atoms with Crippen LogP contribution >= 0.6 is 0 Å². The highest BCUT2D eigenvalue weighted by molar-refractivity contribution is 5.76. The molecule has 6 heteroatoms. The molecule has 19 heavy (non-hydrogen) atoms. The first kappa shape index (κ1) is 13.2. The van der Waals surface area contributed by atoms with Gasteiger partial charge in [-0.2, -0.15) is 0 Å². The fraction of sp³-hybridized carbons (Fsp3) is 0.385. The second kappa shape index (κ2) is 5.60. The van der Waals surface area contributed by atoms with Crippen molar-refractivity contribution in [3.63, 3.8) is 0 Å². The Morgan fingerprint density at radius 3 is 2.58 bits per heavy atom. The number of nitrogens with zero attached hydrogens (tertiary/aromatic N) is 4. The van der Waals surface area contributed by atoms with Gasteiger partial charge in [-0.1, -0.05) is 26.0 Å². The lowest BCUT2D eigenvalue weighted by atomic mass is 10.2. The summed E-state index contributed by atoms with van der Waals surface area (Å²) in [7, 11) is 0. The number of carboxylic acid groups (broad SMARTS) is 1. The van der Waals surface area contributed by atoms with E-state index in [0.29, 0.717) is 29.4 Å². The molecule has 0 spiro atoms. The fourth-order valence-electron chi connectivity index (χ4n) is 1.83. The highest BCUT2D eigenvalue weighted by atomic mass is 16.4. The maximum atomic E-state index is 10.9. The molecule has 0 aliphatic carbocycles. The van der Waals surface area contributed by atoms with Gasteiger partial charge in [0.15, 0.2) is 0 Å². The molecule has 2 aromatic rings. The van der Waals surface area contributed by atoms with Crippen LogP contribution in [0.1, 0.15) is 13.8 Å². The van der Waals surface area contributed by atoms with E-state index >= 15 is 0 Å². The highest BCUT2D eigenvalue weighted by Gasteiger charge is 2.15. The maximum absolute atomic E-state index is 10.9. The molecule has 1 heterocycles. The molecule has 0 saturated carbocycles. The molecule has 0 atom stereocenters. The van der Waals surface area contributed by atoms with Gasteiger partial charge >= 0.3 is 5.97 Å². The molecule has 0 aliphatic heterocycles. The van der Waals surface area contributed by atoms with E-state index in [1.807, 2.05) is 38.1 Å². The van der Waals surface area contributed by atoms with Crippen molar-refractivity contribution in [2.24, 2.45) is 5.92 Å². The quantitative estimate of drug-likeness (QED) is 0.879. The number of benzene rings is 1. The van der Waals surface area contributed by atoms with Gasteiger partial charge in [0.05, 0.1) is 5.52 Å². The Morgan fingerprint density at radius 2 is 1.95 bits per heavy atom. The lowest BCUT2D eigenvalue weighted by Gasteiger charge is -2.22. The number of carbonyl (C=O) groups is 1. The average molecular weight is 260 g/mol. The summed E-state index contributed by atoms with van der Waals surface area (Å²) in [5.74, 6) is -0.235. The van der Waals surface area contributed by atoms with Crippen LogP contribution in [0.4, 0.5) is 5.95 Å². The smallest absolute Gasteiger partial charge is 0.323 e. The van der Waals surface area contributed by atoms with Crippen molar-refractivity contribution in [3.8, 4) is 0 Å². The Kier molecular flexibility index (Phi) is 3.89. The first-order chi connectivity index (χ1) is 9.06. The van der Waals surface area contributed by atoms with Crippen LogP contribution in [0.5, 0.6) is 0 Å². The lowest BCUT2D eigenvalue weighted by Crippen LogP contribution is -2.34. The summed E-state index contributed by atoms with van der Waals surface area (Å²) in [6, 6.07) is 7.39. The number of hydrogen-bond donors (Lipinski definition) is 1. The number of para-hydroxylation sites is 1. The van der Waals surface area contributed by atoms with Gasteiger partial charge in [0.25, 0.3) is 0 Å². The van der Waals surface area contributed by atoms with Crippen LogP contribution in [0.15, 0.2) is 24.3 Å². The molecule has 0 saturated heterocycles. The first-order valence-corrected chi connectivity index (χ1v) is 6.12. The largest absolute Gasteiger partial charge is 0.480 e. The monoisotopic (exact) mass is 260 g/mol. The van der Waals surface area contributed by atoms with E-state index in [4.69, 9.17) is 5.11 Å². The standard InChI is InChI=1S/C13H16N4O2/c1-9(2)7-17(8-12(18)19)13-14-10-5-3-4-6-11(10)15-16-13/h3-6,9H,7-8H2,1-2H3,(H,18,19). The number of hydrogen-bond acceptors (Lipinski definition) is 5. The van der Waals surface area contributed by atoms with E-state index in [-0.39, 0.29) is 6.54 Å². The Bertz CT molecular complexity index is 586. The third kappa shape index (κ3) is 3.37. The van der Waals surface area contributed by atoms with Crippen LogP contribution in [0, 0.1) is 5.92 Å². The summed E-state index contributed by atoms with van der Waals surface area (Å²) < 4.78 is 0. The van der Waals surface area contributed by atoms with Gasteiger partial charge in [0, 0.05) is 6.54 Å². The zero-order chi connectivity index (χ0) is 13.8. The second-order valence-electron chi connectivity index (χ2n) is 4.77. The summed E-state index contributed by atoms with van der Waals surface area (Å²) in [5, 5.41) is 17.0. The number of aliphatic carboxylic acids is 1.